The lowest BCUT2D eigenvalue weighted by atomic mass is 9.40. The van der Waals surface area contributed by atoms with E-state index in [1.165, 1.54) is 38.5 Å². The maximum absolute atomic E-state index is 6.24. The van der Waals surface area contributed by atoms with E-state index in [1.807, 2.05) is 18.2 Å². The van der Waals surface area contributed by atoms with Crippen LogP contribution in [0.15, 0.2) is 28.7 Å². The molecule has 2 atom stereocenters. The van der Waals surface area contributed by atoms with Crippen LogP contribution in [0.5, 0.6) is 0 Å². The highest BCUT2D eigenvalue weighted by molar-refractivity contribution is 6.30. The van der Waals surface area contributed by atoms with Gasteiger partial charge in [0.1, 0.15) is 0 Å². The highest BCUT2D eigenvalue weighted by Gasteiger charge is 2.62. The zero-order valence-electron chi connectivity index (χ0n) is 15.0. The number of nitrogens with zero attached hydrogens (tertiary/aromatic N) is 2. The van der Waals surface area contributed by atoms with Gasteiger partial charge < -0.3 is 4.42 Å². The van der Waals surface area contributed by atoms with Gasteiger partial charge in [-0.05, 0) is 73.0 Å². The van der Waals surface area contributed by atoms with E-state index >= 15 is 0 Å². The highest BCUT2D eigenvalue weighted by Crippen LogP contribution is 2.69. The molecule has 0 spiro atoms. The number of hydrogen-bond acceptors (Lipinski definition) is 3. The SMILES string of the molecule is CC12CC3CC(C)(C1)CC(c1nnc(Cc4cccc(Cl)c4)o1)(C3)C2. The third kappa shape index (κ3) is 2.63. The fourth-order valence-electron chi connectivity index (χ4n) is 7.05. The minimum atomic E-state index is 0.114. The van der Waals surface area contributed by atoms with Gasteiger partial charge >= 0.3 is 0 Å². The van der Waals surface area contributed by atoms with Crippen molar-refractivity contribution in [3.05, 3.63) is 46.6 Å². The van der Waals surface area contributed by atoms with Crippen LogP contribution in [0.25, 0.3) is 0 Å². The lowest BCUT2D eigenvalue weighted by molar-refractivity contribution is -0.117. The van der Waals surface area contributed by atoms with Crippen molar-refractivity contribution in [3.63, 3.8) is 0 Å². The number of hydrogen-bond donors (Lipinski definition) is 0. The molecule has 0 radical (unpaired) electrons. The number of benzene rings is 1. The Morgan fingerprint density at radius 2 is 1.84 bits per heavy atom. The van der Waals surface area contributed by atoms with Crippen LogP contribution in [0, 0.1) is 16.7 Å². The van der Waals surface area contributed by atoms with Gasteiger partial charge in [0.05, 0.1) is 6.42 Å². The lowest BCUT2D eigenvalue weighted by Gasteiger charge is -2.64. The Morgan fingerprint density at radius 3 is 2.52 bits per heavy atom. The Labute approximate surface area is 154 Å². The van der Waals surface area contributed by atoms with Crippen molar-refractivity contribution in [2.45, 2.75) is 64.2 Å². The summed E-state index contributed by atoms with van der Waals surface area (Å²) in [6.07, 6.45) is 8.44. The second-order valence-electron chi connectivity index (χ2n) is 9.72. The summed E-state index contributed by atoms with van der Waals surface area (Å²) >= 11 is 6.09. The van der Waals surface area contributed by atoms with E-state index in [0.717, 1.165) is 22.4 Å². The summed E-state index contributed by atoms with van der Waals surface area (Å²) in [6.45, 7) is 4.96. The van der Waals surface area contributed by atoms with Crippen molar-refractivity contribution in [1.29, 1.82) is 0 Å². The monoisotopic (exact) mass is 356 g/mol. The molecule has 1 aromatic heterocycles. The molecule has 25 heavy (non-hydrogen) atoms. The average molecular weight is 357 g/mol. The summed E-state index contributed by atoms with van der Waals surface area (Å²) < 4.78 is 6.24. The summed E-state index contributed by atoms with van der Waals surface area (Å²) in [7, 11) is 0. The van der Waals surface area contributed by atoms with Crippen molar-refractivity contribution in [2.24, 2.45) is 16.7 Å². The van der Waals surface area contributed by atoms with Gasteiger partial charge in [0.2, 0.25) is 11.8 Å². The summed E-state index contributed by atoms with van der Waals surface area (Å²) in [5, 5.41) is 9.67. The van der Waals surface area contributed by atoms with E-state index in [2.05, 4.69) is 30.1 Å². The summed E-state index contributed by atoms with van der Waals surface area (Å²) in [5.41, 5.74) is 2.14. The lowest BCUT2D eigenvalue weighted by Crippen LogP contribution is -2.57. The molecule has 6 rings (SSSR count). The fraction of sp³-hybridized carbons (Fsp3) is 0.619. The van der Waals surface area contributed by atoms with E-state index in [4.69, 9.17) is 16.0 Å². The molecule has 0 amide bonds. The zero-order chi connectivity index (χ0) is 17.3. The molecule has 0 aliphatic heterocycles. The molecule has 2 aromatic rings. The quantitative estimate of drug-likeness (QED) is 0.722. The van der Waals surface area contributed by atoms with E-state index in [9.17, 15) is 0 Å². The molecular formula is C21H25ClN2O. The summed E-state index contributed by atoms with van der Waals surface area (Å²) in [4.78, 5) is 0. The summed E-state index contributed by atoms with van der Waals surface area (Å²) in [6, 6.07) is 7.89. The average Bonchev–Trinajstić information content (AvgIpc) is 2.92. The van der Waals surface area contributed by atoms with Gasteiger partial charge in [0, 0.05) is 10.4 Å². The first-order valence-electron chi connectivity index (χ1n) is 9.43. The Bertz CT molecular complexity index is 811. The van der Waals surface area contributed by atoms with Crippen LogP contribution >= 0.6 is 11.6 Å². The maximum Gasteiger partial charge on any atom is 0.222 e. The van der Waals surface area contributed by atoms with Gasteiger partial charge in [-0.25, -0.2) is 0 Å². The molecule has 4 heteroatoms. The van der Waals surface area contributed by atoms with E-state index in [0.29, 0.717) is 23.1 Å². The number of aromatic nitrogens is 2. The third-order valence-electron chi connectivity index (χ3n) is 6.79. The Hall–Kier alpha value is -1.35. The van der Waals surface area contributed by atoms with Crippen LogP contribution in [0.1, 0.15) is 69.7 Å². The van der Waals surface area contributed by atoms with Crippen LogP contribution in [-0.2, 0) is 11.8 Å². The predicted octanol–water partition coefficient (Wildman–Crippen LogP) is 5.56. The minimum Gasteiger partial charge on any atom is -0.424 e. The molecule has 4 fully saturated rings. The maximum atomic E-state index is 6.24. The molecule has 0 N–H and O–H groups in total. The second kappa shape index (κ2) is 5.09. The second-order valence-corrected chi connectivity index (χ2v) is 10.2. The van der Waals surface area contributed by atoms with Crippen LogP contribution in [0.3, 0.4) is 0 Å². The standard InChI is InChI=1S/C21H25ClN2O/c1-19-8-15-9-20(2,11-19)13-21(10-15,12-19)18-24-23-17(25-18)7-14-4-3-5-16(22)6-14/h3-6,15H,7-13H2,1-2H3. The van der Waals surface area contributed by atoms with Crippen LogP contribution in [-0.4, -0.2) is 10.2 Å². The zero-order valence-corrected chi connectivity index (χ0v) is 15.8. The van der Waals surface area contributed by atoms with Gasteiger partial charge in [-0.3, -0.25) is 0 Å². The molecular weight excluding hydrogens is 332 g/mol. The molecule has 3 nitrogen and oxygen atoms in total. The Kier molecular flexibility index (Phi) is 3.23. The van der Waals surface area contributed by atoms with Crippen LogP contribution in [0.2, 0.25) is 5.02 Å². The highest BCUT2D eigenvalue weighted by atomic mass is 35.5. The first-order chi connectivity index (χ1) is 11.9. The summed E-state index contributed by atoms with van der Waals surface area (Å²) in [5.74, 6) is 2.43. The van der Waals surface area contributed by atoms with Crippen molar-refractivity contribution in [1.82, 2.24) is 10.2 Å². The molecule has 4 aliphatic rings. The first kappa shape index (κ1) is 15.9. The van der Waals surface area contributed by atoms with Crippen molar-refractivity contribution >= 4 is 11.6 Å². The smallest absolute Gasteiger partial charge is 0.222 e. The third-order valence-corrected chi connectivity index (χ3v) is 7.03. The Morgan fingerprint density at radius 1 is 1.08 bits per heavy atom. The van der Waals surface area contributed by atoms with Crippen molar-refractivity contribution in [2.75, 3.05) is 0 Å². The largest absolute Gasteiger partial charge is 0.424 e. The van der Waals surface area contributed by atoms with E-state index < -0.39 is 0 Å². The molecule has 4 saturated carbocycles. The Balaban J connectivity index is 1.45. The molecule has 4 bridgehead atoms. The topological polar surface area (TPSA) is 38.9 Å². The molecule has 2 unspecified atom stereocenters. The number of halogens is 1. The first-order valence-corrected chi connectivity index (χ1v) is 9.81. The van der Waals surface area contributed by atoms with Gasteiger partial charge in [0.25, 0.3) is 0 Å². The molecule has 1 heterocycles. The van der Waals surface area contributed by atoms with E-state index in [-0.39, 0.29) is 5.41 Å². The van der Waals surface area contributed by atoms with Gasteiger partial charge in [-0.15, -0.1) is 10.2 Å². The molecule has 0 saturated heterocycles. The van der Waals surface area contributed by atoms with Crippen LogP contribution < -0.4 is 0 Å². The molecule has 132 valence electrons. The normalized spacial score (nSPS) is 39.1. The van der Waals surface area contributed by atoms with Crippen LogP contribution in [0.4, 0.5) is 0 Å². The van der Waals surface area contributed by atoms with E-state index in [1.54, 1.807) is 0 Å². The predicted molar refractivity (Wildman–Crippen MR) is 97.6 cm³/mol. The molecule has 1 aromatic carbocycles. The molecule has 4 aliphatic carbocycles. The van der Waals surface area contributed by atoms with Gasteiger partial charge in [-0.1, -0.05) is 37.6 Å². The fourth-order valence-corrected chi connectivity index (χ4v) is 7.26. The van der Waals surface area contributed by atoms with Crippen molar-refractivity contribution < 1.29 is 4.42 Å². The number of rotatable bonds is 3. The van der Waals surface area contributed by atoms with Gasteiger partial charge in [-0.2, -0.15) is 0 Å². The van der Waals surface area contributed by atoms with Gasteiger partial charge in [0.15, 0.2) is 0 Å². The van der Waals surface area contributed by atoms with Crippen molar-refractivity contribution in [3.8, 4) is 0 Å². The minimum absolute atomic E-state index is 0.114.